The molecule has 0 saturated carbocycles. The van der Waals surface area contributed by atoms with Gasteiger partial charge in [0.1, 0.15) is 10.5 Å². The van der Waals surface area contributed by atoms with Crippen LogP contribution in [0.15, 0.2) is 6.07 Å². The summed E-state index contributed by atoms with van der Waals surface area (Å²) >= 11 is 11.2. The van der Waals surface area contributed by atoms with E-state index < -0.39 is 11.3 Å². The summed E-state index contributed by atoms with van der Waals surface area (Å²) in [6, 6.07) is 1.43. The summed E-state index contributed by atoms with van der Waals surface area (Å²) in [6.45, 7) is 1.54. The monoisotopic (exact) mass is 249 g/mol. The SMILES string of the molecule is COc1cc(Cl)nc(NC(=O)C(C)Cl)n1. The van der Waals surface area contributed by atoms with Gasteiger partial charge in [0.2, 0.25) is 17.7 Å². The number of rotatable bonds is 3. The van der Waals surface area contributed by atoms with Gasteiger partial charge in [-0.1, -0.05) is 11.6 Å². The number of amides is 1. The molecule has 1 aromatic rings. The van der Waals surface area contributed by atoms with Crippen molar-refractivity contribution in [3.8, 4) is 5.88 Å². The average molecular weight is 250 g/mol. The fourth-order valence-corrected chi connectivity index (χ4v) is 0.995. The van der Waals surface area contributed by atoms with Crippen LogP contribution < -0.4 is 10.1 Å². The number of carbonyl (C=O) groups excluding carboxylic acids is 1. The minimum Gasteiger partial charge on any atom is -0.481 e. The lowest BCUT2D eigenvalue weighted by Gasteiger charge is -2.06. The van der Waals surface area contributed by atoms with Crippen molar-refractivity contribution in [3.63, 3.8) is 0 Å². The summed E-state index contributed by atoms with van der Waals surface area (Å²) in [6.07, 6.45) is 0. The van der Waals surface area contributed by atoms with Gasteiger partial charge in [0.05, 0.1) is 7.11 Å². The normalized spacial score (nSPS) is 12.0. The number of hydrogen-bond acceptors (Lipinski definition) is 4. The zero-order valence-corrected chi connectivity index (χ0v) is 9.63. The number of methoxy groups -OCH3 is 1. The second-order valence-electron chi connectivity index (χ2n) is 2.66. The summed E-state index contributed by atoms with van der Waals surface area (Å²) in [5.41, 5.74) is 0. The van der Waals surface area contributed by atoms with Crippen molar-refractivity contribution < 1.29 is 9.53 Å². The van der Waals surface area contributed by atoms with Crippen LogP contribution in [0.3, 0.4) is 0 Å². The van der Waals surface area contributed by atoms with E-state index in [2.05, 4.69) is 15.3 Å². The second kappa shape index (κ2) is 5.14. The highest BCUT2D eigenvalue weighted by Crippen LogP contribution is 2.15. The highest BCUT2D eigenvalue weighted by molar-refractivity contribution is 6.32. The summed E-state index contributed by atoms with van der Waals surface area (Å²) < 4.78 is 4.86. The van der Waals surface area contributed by atoms with Crippen LogP contribution in [0.4, 0.5) is 5.95 Å². The maximum absolute atomic E-state index is 11.2. The number of aromatic nitrogens is 2. The molecule has 7 heteroatoms. The molecule has 0 radical (unpaired) electrons. The molecular formula is C8H9Cl2N3O2. The van der Waals surface area contributed by atoms with Gasteiger partial charge in [0.15, 0.2) is 0 Å². The Morgan fingerprint density at radius 1 is 1.60 bits per heavy atom. The Kier molecular flexibility index (Phi) is 4.11. The number of hydrogen-bond donors (Lipinski definition) is 1. The number of ether oxygens (including phenoxy) is 1. The molecule has 0 fully saturated rings. The molecule has 1 heterocycles. The van der Waals surface area contributed by atoms with Crippen molar-refractivity contribution in [1.29, 1.82) is 0 Å². The van der Waals surface area contributed by atoms with E-state index in [0.717, 1.165) is 0 Å². The molecule has 1 unspecified atom stereocenters. The summed E-state index contributed by atoms with van der Waals surface area (Å²) in [7, 11) is 1.44. The van der Waals surface area contributed by atoms with E-state index in [1.165, 1.54) is 13.2 Å². The molecule has 0 saturated heterocycles. The number of nitrogens with zero attached hydrogens (tertiary/aromatic N) is 2. The van der Waals surface area contributed by atoms with Crippen LogP contribution in [0.2, 0.25) is 5.15 Å². The van der Waals surface area contributed by atoms with E-state index in [9.17, 15) is 4.79 Å². The van der Waals surface area contributed by atoms with Gasteiger partial charge in [-0.25, -0.2) is 4.98 Å². The predicted octanol–water partition coefficient (Wildman–Crippen LogP) is 1.70. The topological polar surface area (TPSA) is 64.1 Å². The van der Waals surface area contributed by atoms with Gasteiger partial charge in [-0.15, -0.1) is 11.6 Å². The van der Waals surface area contributed by atoms with Crippen LogP contribution in [-0.2, 0) is 4.79 Å². The van der Waals surface area contributed by atoms with E-state index in [1.54, 1.807) is 6.92 Å². The van der Waals surface area contributed by atoms with Gasteiger partial charge in [0.25, 0.3) is 0 Å². The second-order valence-corrected chi connectivity index (χ2v) is 3.70. The standard InChI is InChI=1S/C8H9Cl2N3O2/c1-4(9)7(14)13-8-11-5(10)3-6(12-8)15-2/h3-4H,1-2H3,(H,11,12,13,14). The Labute approximate surface area is 96.8 Å². The lowest BCUT2D eigenvalue weighted by molar-refractivity contribution is -0.115. The maximum atomic E-state index is 11.2. The Hall–Kier alpha value is -1.07. The summed E-state index contributed by atoms with van der Waals surface area (Å²) in [4.78, 5) is 18.9. The lowest BCUT2D eigenvalue weighted by Crippen LogP contribution is -2.21. The first-order valence-corrected chi connectivity index (χ1v) is 4.88. The van der Waals surface area contributed by atoms with Gasteiger partial charge in [-0.2, -0.15) is 4.98 Å². The predicted molar refractivity (Wildman–Crippen MR) is 57.5 cm³/mol. The molecule has 1 aromatic heterocycles. The van der Waals surface area contributed by atoms with Crippen molar-refractivity contribution in [2.24, 2.45) is 0 Å². The highest BCUT2D eigenvalue weighted by atomic mass is 35.5. The zero-order valence-electron chi connectivity index (χ0n) is 8.12. The van der Waals surface area contributed by atoms with Crippen LogP contribution in [0.5, 0.6) is 5.88 Å². The van der Waals surface area contributed by atoms with Gasteiger partial charge >= 0.3 is 0 Å². The molecule has 0 aromatic carbocycles. The van der Waals surface area contributed by atoms with Crippen LogP contribution in [-0.4, -0.2) is 28.4 Å². The molecule has 0 aliphatic heterocycles. The number of nitrogens with one attached hydrogen (secondary N) is 1. The molecule has 0 spiro atoms. The highest BCUT2D eigenvalue weighted by Gasteiger charge is 2.12. The molecule has 15 heavy (non-hydrogen) atoms. The molecule has 1 atom stereocenters. The molecule has 1 amide bonds. The number of alkyl halides is 1. The molecule has 0 bridgehead atoms. The third-order valence-corrected chi connectivity index (χ3v) is 1.87. The Morgan fingerprint density at radius 2 is 2.27 bits per heavy atom. The lowest BCUT2D eigenvalue weighted by atomic mass is 10.4. The Morgan fingerprint density at radius 3 is 2.80 bits per heavy atom. The van der Waals surface area contributed by atoms with Gasteiger partial charge in [0, 0.05) is 6.07 Å². The maximum Gasteiger partial charge on any atom is 0.244 e. The third kappa shape index (κ3) is 3.53. The number of halogens is 2. The summed E-state index contributed by atoms with van der Waals surface area (Å²) in [5.74, 6) is -0.0645. The van der Waals surface area contributed by atoms with E-state index >= 15 is 0 Å². The fourth-order valence-electron chi connectivity index (χ4n) is 0.767. The minimum absolute atomic E-state index is 0.0665. The van der Waals surface area contributed by atoms with E-state index in [-0.39, 0.29) is 17.0 Å². The quantitative estimate of drug-likeness (QED) is 0.655. The zero-order chi connectivity index (χ0) is 11.4. The molecule has 82 valence electrons. The van der Waals surface area contributed by atoms with Crippen LogP contribution in [0, 0.1) is 0 Å². The first-order chi connectivity index (χ1) is 7.02. The van der Waals surface area contributed by atoms with Crippen molar-refractivity contribution in [3.05, 3.63) is 11.2 Å². The van der Waals surface area contributed by atoms with Crippen LogP contribution in [0.1, 0.15) is 6.92 Å². The molecule has 1 N–H and O–H groups in total. The molecule has 0 aliphatic rings. The van der Waals surface area contributed by atoms with Crippen molar-refractivity contribution >= 4 is 35.1 Å². The van der Waals surface area contributed by atoms with Crippen LogP contribution in [0.25, 0.3) is 0 Å². The van der Waals surface area contributed by atoms with Gasteiger partial charge in [-0.05, 0) is 6.92 Å². The average Bonchev–Trinajstić information content (AvgIpc) is 2.16. The summed E-state index contributed by atoms with van der Waals surface area (Å²) in [5, 5.41) is 1.91. The minimum atomic E-state index is -0.668. The number of carbonyl (C=O) groups is 1. The van der Waals surface area contributed by atoms with Gasteiger partial charge < -0.3 is 4.74 Å². The van der Waals surface area contributed by atoms with E-state index in [1.807, 2.05) is 0 Å². The first kappa shape index (κ1) is 12.0. The van der Waals surface area contributed by atoms with Crippen molar-refractivity contribution in [2.75, 3.05) is 12.4 Å². The van der Waals surface area contributed by atoms with E-state index in [4.69, 9.17) is 27.9 Å². The smallest absolute Gasteiger partial charge is 0.244 e. The molecule has 0 aliphatic carbocycles. The molecule has 1 rings (SSSR count). The largest absolute Gasteiger partial charge is 0.481 e. The number of anilines is 1. The molecular weight excluding hydrogens is 241 g/mol. The van der Waals surface area contributed by atoms with Crippen LogP contribution >= 0.6 is 23.2 Å². The Bertz CT molecular complexity index is 371. The Balaban J connectivity index is 2.85. The van der Waals surface area contributed by atoms with E-state index in [0.29, 0.717) is 0 Å². The first-order valence-electron chi connectivity index (χ1n) is 4.06. The van der Waals surface area contributed by atoms with Crippen molar-refractivity contribution in [2.45, 2.75) is 12.3 Å². The van der Waals surface area contributed by atoms with Gasteiger partial charge in [-0.3, -0.25) is 10.1 Å². The molecule has 5 nitrogen and oxygen atoms in total. The van der Waals surface area contributed by atoms with Crippen molar-refractivity contribution in [1.82, 2.24) is 9.97 Å². The fraction of sp³-hybridized carbons (Fsp3) is 0.375. The third-order valence-electron chi connectivity index (χ3n) is 1.48.